The topological polar surface area (TPSA) is 88.2 Å². The summed E-state index contributed by atoms with van der Waals surface area (Å²) in [6.07, 6.45) is 0.239. The average Bonchev–Trinajstić information content (AvgIpc) is 2.25. The largest absolute Gasteiger partial charge is 0.409 e. The molecule has 1 unspecified atom stereocenters. The number of ether oxygens (including phenoxy) is 1. The van der Waals surface area contributed by atoms with Crippen LogP contribution in [0, 0.1) is 0 Å². The third kappa shape index (κ3) is 4.06. The van der Waals surface area contributed by atoms with Crippen LogP contribution in [0.3, 0.4) is 0 Å². The minimum Gasteiger partial charge on any atom is -0.409 e. The van der Waals surface area contributed by atoms with Gasteiger partial charge in [0.05, 0.1) is 18.1 Å². The van der Waals surface area contributed by atoms with Crippen LogP contribution in [0.25, 0.3) is 0 Å². The van der Waals surface area contributed by atoms with E-state index >= 15 is 0 Å². The summed E-state index contributed by atoms with van der Waals surface area (Å²) in [5.41, 5.74) is 4.91. The Kier molecular flexibility index (Phi) is 5.23. The second-order valence-corrected chi connectivity index (χ2v) is 4.35. The number of methoxy groups -OCH3 is 1. The van der Waals surface area contributed by atoms with Gasteiger partial charge in [-0.15, -0.1) is 0 Å². The minimum atomic E-state index is -0.518. The normalized spacial score (nSPS) is 14.7. The van der Waals surface area contributed by atoms with Gasteiger partial charge in [0.25, 0.3) is 0 Å². The third-order valence-corrected chi connectivity index (χ3v) is 2.65. The van der Waals surface area contributed by atoms with Crippen molar-refractivity contribution < 1.29 is 14.7 Å². The predicted octanol–water partition coefficient (Wildman–Crippen LogP) is 0.395. The maximum absolute atomic E-state index is 11.8. The zero-order valence-corrected chi connectivity index (χ0v) is 10.5. The number of hydrogen-bond donors (Lipinski definition) is 2. The zero-order valence-electron chi connectivity index (χ0n) is 10.5. The van der Waals surface area contributed by atoms with Gasteiger partial charge in [-0.1, -0.05) is 5.16 Å². The van der Waals surface area contributed by atoms with Crippen molar-refractivity contribution in [3.63, 3.8) is 0 Å². The Morgan fingerprint density at radius 1 is 1.62 bits per heavy atom. The molecule has 0 saturated carbocycles. The molecule has 0 heterocycles. The first-order valence-corrected chi connectivity index (χ1v) is 5.03. The number of carbonyl (C=O) groups excluding carboxylic acids is 1. The number of amides is 1. The summed E-state index contributed by atoms with van der Waals surface area (Å²) in [7, 11) is 3.16. The van der Waals surface area contributed by atoms with E-state index in [1.54, 1.807) is 21.1 Å². The second-order valence-electron chi connectivity index (χ2n) is 4.35. The van der Waals surface area contributed by atoms with E-state index < -0.39 is 11.6 Å². The summed E-state index contributed by atoms with van der Waals surface area (Å²) >= 11 is 0. The molecule has 16 heavy (non-hydrogen) atoms. The van der Waals surface area contributed by atoms with Gasteiger partial charge in [0.2, 0.25) is 5.91 Å². The Morgan fingerprint density at radius 2 is 2.12 bits per heavy atom. The molecule has 0 aromatic carbocycles. The van der Waals surface area contributed by atoms with Crippen LogP contribution in [0.15, 0.2) is 5.16 Å². The fourth-order valence-electron chi connectivity index (χ4n) is 1.06. The number of likely N-dealkylation sites (N-methyl/N-ethyl adjacent to an activating group) is 1. The monoisotopic (exact) mass is 231 g/mol. The Bertz CT molecular complexity index is 276. The van der Waals surface area contributed by atoms with Crippen molar-refractivity contribution in [2.45, 2.75) is 38.8 Å². The molecular formula is C10H21N3O3. The van der Waals surface area contributed by atoms with E-state index in [4.69, 9.17) is 15.7 Å². The van der Waals surface area contributed by atoms with Crippen molar-refractivity contribution in [3.05, 3.63) is 0 Å². The Morgan fingerprint density at radius 3 is 2.50 bits per heavy atom. The summed E-state index contributed by atoms with van der Waals surface area (Å²) in [5.74, 6) is -0.114. The Balaban J connectivity index is 4.51. The second kappa shape index (κ2) is 5.69. The van der Waals surface area contributed by atoms with E-state index in [9.17, 15) is 4.79 Å². The number of nitrogens with zero attached hydrogens (tertiary/aromatic N) is 2. The summed E-state index contributed by atoms with van der Waals surface area (Å²) in [5, 5.41) is 11.4. The van der Waals surface area contributed by atoms with Crippen molar-refractivity contribution >= 4 is 11.7 Å². The van der Waals surface area contributed by atoms with Crippen LogP contribution in [0.4, 0.5) is 0 Å². The summed E-state index contributed by atoms with van der Waals surface area (Å²) < 4.78 is 5.17. The van der Waals surface area contributed by atoms with Crippen molar-refractivity contribution in [3.8, 4) is 0 Å². The van der Waals surface area contributed by atoms with Gasteiger partial charge in [0.1, 0.15) is 0 Å². The lowest BCUT2D eigenvalue weighted by Gasteiger charge is -2.28. The number of amidine groups is 1. The maximum Gasteiger partial charge on any atom is 0.225 e. The van der Waals surface area contributed by atoms with Crippen LogP contribution < -0.4 is 5.73 Å². The molecule has 3 N–H and O–H groups in total. The lowest BCUT2D eigenvalue weighted by Crippen LogP contribution is -2.45. The molecule has 0 aliphatic rings. The van der Waals surface area contributed by atoms with Gasteiger partial charge >= 0.3 is 0 Å². The van der Waals surface area contributed by atoms with E-state index in [1.807, 2.05) is 13.8 Å². The zero-order chi connectivity index (χ0) is 12.9. The lowest BCUT2D eigenvalue weighted by atomic mass is 10.0. The molecule has 6 nitrogen and oxygen atoms in total. The molecule has 0 radical (unpaired) electrons. The molecule has 0 spiro atoms. The maximum atomic E-state index is 11.8. The molecule has 0 aromatic heterocycles. The van der Waals surface area contributed by atoms with Gasteiger partial charge in [0, 0.05) is 14.2 Å². The van der Waals surface area contributed by atoms with Crippen LogP contribution in [-0.2, 0) is 9.53 Å². The summed E-state index contributed by atoms with van der Waals surface area (Å²) in [4.78, 5) is 13.3. The van der Waals surface area contributed by atoms with E-state index in [0.717, 1.165) is 0 Å². The highest BCUT2D eigenvalue weighted by molar-refractivity contribution is 5.89. The van der Waals surface area contributed by atoms with Crippen LogP contribution in [0.2, 0.25) is 0 Å². The molecule has 1 atom stereocenters. The van der Waals surface area contributed by atoms with Gasteiger partial charge in [-0.3, -0.25) is 4.79 Å². The molecule has 1 amide bonds. The smallest absolute Gasteiger partial charge is 0.225 e. The average molecular weight is 231 g/mol. The van der Waals surface area contributed by atoms with Crippen LogP contribution >= 0.6 is 0 Å². The van der Waals surface area contributed by atoms with Gasteiger partial charge in [0.15, 0.2) is 5.84 Å². The van der Waals surface area contributed by atoms with E-state index in [-0.39, 0.29) is 18.2 Å². The number of hydrogen-bond acceptors (Lipinski definition) is 4. The minimum absolute atomic E-state index is 0.00562. The number of oxime groups is 1. The molecule has 0 rings (SSSR count). The first-order valence-electron chi connectivity index (χ1n) is 5.03. The highest BCUT2D eigenvalue weighted by atomic mass is 16.5. The molecule has 6 heteroatoms. The number of carbonyl (C=O) groups is 1. The van der Waals surface area contributed by atoms with E-state index in [2.05, 4.69) is 5.16 Å². The Labute approximate surface area is 96.0 Å². The van der Waals surface area contributed by atoms with E-state index in [0.29, 0.717) is 0 Å². The van der Waals surface area contributed by atoms with Crippen LogP contribution in [-0.4, -0.2) is 47.7 Å². The fraction of sp³-hybridized carbons (Fsp3) is 0.800. The van der Waals surface area contributed by atoms with Crippen molar-refractivity contribution in [2.75, 3.05) is 14.2 Å². The lowest BCUT2D eigenvalue weighted by molar-refractivity contribution is -0.135. The first kappa shape index (κ1) is 14.7. The third-order valence-electron chi connectivity index (χ3n) is 2.65. The van der Waals surface area contributed by atoms with Crippen LogP contribution in [0.5, 0.6) is 0 Å². The number of nitrogens with two attached hydrogens (primary N) is 1. The SMILES string of the molecule is COC(C)(C)CC(=O)N(C)C(C)C(N)=NO. The fourth-order valence-corrected chi connectivity index (χ4v) is 1.06. The standard InChI is InChI=1S/C10H21N3O3/c1-7(9(11)12-15)13(4)8(14)6-10(2,3)16-5/h7,15H,6H2,1-5H3,(H2,11,12). The van der Waals surface area contributed by atoms with E-state index in [1.165, 1.54) is 4.90 Å². The molecule has 94 valence electrons. The molecule has 0 saturated heterocycles. The highest BCUT2D eigenvalue weighted by Gasteiger charge is 2.26. The van der Waals surface area contributed by atoms with Crippen molar-refractivity contribution in [2.24, 2.45) is 10.9 Å². The molecule has 0 aliphatic heterocycles. The van der Waals surface area contributed by atoms with Gasteiger partial charge in [-0.2, -0.15) is 0 Å². The van der Waals surface area contributed by atoms with Crippen molar-refractivity contribution in [1.29, 1.82) is 0 Å². The van der Waals surface area contributed by atoms with Gasteiger partial charge < -0.3 is 20.6 Å². The van der Waals surface area contributed by atoms with Gasteiger partial charge in [-0.25, -0.2) is 0 Å². The molecule has 0 aromatic rings. The number of rotatable bonds is 5. The van der Waals surface area contributed by atoms with Crippen LogP contribution in [0.1, 0.15) is 27.2 Å². The molecule has 0 bridgehead atoms. The molecular weight excluding hydrogens is 210 g/mol. The summed E-state index contributed by atoms with van der Waals surface area (Å²) in [6.45, 7) is 5.34. The first-order chi connectivity index (χ1) is 7.25. The van der Waals surface area contributed by atoms with Gasteiger partial charge in [-0.05, 0) is 20.8 Å². The predicted molar refractivity (Wildman–Crippen MR) is 61.3 cm³/mol. The summed E-state index contributed by atoms with van der Waals surface area (Å²) in [6, 6.07) is -0.440. The Hall–Kier alpha value is -1.30. The molecule has 0 aliphatic carbocycles. The quantitative estimate of drug-likeness (QED) is 0.310. The van der Waals surface area contributed by atoms with Crippen molar-refractivity contribution in [1.82, 2.24) is 4.90 Å². The highest BCUT2D eigenvalue weighted by Crippen LogP contribution is 2.15. The molecule has 0 fully saturated rings.